The molecule has 0 aromatic heterocycles. The molecule has 236 valence electrons. The minimum absolute atomic E-state index is 0.0681. The molecule has 3 aromatic rings. The van der Waals surface area contributed by atoms with Crippen LogP contribution >= 0.6 is 11.6 Å². The van der Waals surface area contributed by atoms with Gasteiger partial charge >= 0.3 is 0 Å². The van der Waals surface area contributed by atoms with Crippen LogP contribution in [0.1, 0.15) is 50.2 Å². The summed E-state index contributed by atoms with van der Waals surface area (Å²) in [5.41, 5.74) is 2.01. The third-order valence-electron chi connectivity index (χ3n) is 7.90. The van der Waals surface area contributed by atoms with Crippen LogP contribution in [-0.4, -0.2) is 58.0 Å². The van der Waals surface area contributed by atoms with Crippen LogP contribution in [0.2, 0.25) is 5.02 Å². The summed E-state index contributed by atoms with van der Waals surface area (Å²) in [4.78, 5) is 29.3. The second-order valence-electron chi connectivity index (χ2n) is 10.9. The van der Waals surface area contributed by atoms with Crippen LogP contribution < -0.4 is 19.1 Å². The standard InChI is InChI=1S/C33H40ClN3O6S/c1-5-29(33(39)35-26-8-6-7-9-26)36(21-24-12-14-25(34)15-13-24)32(38)22-37(27-16-10-23(2)11-17-27)44(40,41)28-18-19-30(42-3)31(20-28)43-4/h10-20,26,29H,5-9,21-22H2,1-4H3,(H,35,39). The average Bonchev–Trinajstić information content (AvgIpc) is 3.53. The third kappa shape index (κ3) is 7.84. The number of amides is 2. The van der Waals surface area contributed by atoms with Crippen molar-refractivity contribution in [1.29, 1.82) is 0 Å². The molecule has 0 heterocycles. The first-order chi connectivity index (χ1) is 21.1. The predicted octanol–water partition coefficient (Wildman–Crippen LogP) is 5.73. The summed E-state index contributed by atoms with van der Waals surface area (Å²) in [5, 5.41) is 3.66. The highest BCUT2D eigenvalue weighted by Crippen LogP contribution is 2.32. The van der Waals surface area contributed by atoms with Crippen molar-refractivity contribution in [2.45, 2.75) is 69.5 Å². The van der Waals surface area contributed by atoms with E-state index in [0.29, 0.717) is 22.9 Å². The first-order valence-corrected chi connectivity index (χ1v) is 16.5. The number of carbonyl (C=O) groups excluding carboxylic acids is 2. The Hall–Kier alpha value is -3.76. The van der Waals surface area contributed by atoms with Crippen molar-refractivity contribution in [2.75, 3.05) is 25.1 Å². The van der Waals surface area contributed by atoms with E-state index in [-0.39, 0.29) is 29.1 Å². The van der Waals surface area contributed by atoms with Gasteiger partial charge in [-0.2, -0.15) is 0 Å². The molecule has 0 saturated heterocycles. The molecular weight excluding hydrogens is 602 g/mol. The van der Waals surface area contributed by atoms with Gasteiger partial charge in [-0.25, -0.2) is 8.42 Å². The van der Waals surface area contributed by atoms with Crippen molar-refractivity contribution < 1.29 is 27.5 Å². The molecule has 3 aromatic carbocycles. The van der Waals surface area contributed by atoms with Crippen LogP contribution in [0.4, 0.5) is 5.69 Å². The fourth-order valence-electron chi connectivity index (χ4n) is 5.42. The highest BCUT2D eigenvalue weighted by Gasteiger charge is 2.35. The second-order valence-corrected chi connectivity index (χ2v) is 13.2. The zero-order valence-corrected chi connectivity index (χ0v) is 27.2. The molecule has 1 N–H and O–H groups in total. The van der Waals surface area contributed by atoms with Gasteiger partial charge in [0.05, 0.1) is 24.8 Å². The molecule has 1 atom stereocenters. The average molecular weight is 642 g/mol. The Balaban J connectivity index is 1.73. The zero-order chi connectivity index (χ0) is 31.9. The van der Waals surface area contributed by atoms with E-state index in [0.717, 1.165) is 41.1 Å². The lowest BCUT2D eigenvalue weighted by Crippen LogP contribution is -2.53. The lowest BCUT2D eigenvalue weighted by molar-refractivity contribution is -0.140. The smallest absolute Gasteiger partial charge is 0.264 e. The maximum absolute atomic E-state index is 14.3. The number of rotatable bonds is 13. The van der Waals surface area contributed by atoms with Crippen LogP contribution in [0, 0.1) is 6.92 Å². The van der Waals surface area contributed by atoms with E-state index in [1.165, 1.54) is 37.3 Å². The number of anilines is 1. The van der Waals surface area contributed by atoms with Gasteiger partial charge in [-0.3, -0.25) is 13.9 Å². The highest BCUT2D eigenvalue weighted by atomic mass is 35.5. The molecule has 0 aliphatic heterocycles. The van der Waals surface area contributed by atoms with Crippen molar-refractivity contribution in [3.63, 3.8) is 0 Å². The number of halogens is 1. The number of hydrogen-bond acceptors (Lipinski definition) is 6. The lowest BCUT2D eigenvalue weighted by atomic mass is 10.1. The molecule has 1 aliphatic carbocycles. The molecule has 2 amide bonds. The van der Waals surface area contributed by atoms with Crippen molar-refractivity contribution in [1.82, 2.24) is 10.2 Å². The maximum Gasteiger partial charge on any atom is 0.264 e. The molecular formula is C33H40ClN3O6S. The molecule has 9 nitrogen and oxygen atoms in total. The number of methoxy groups -OCH3 is 2. The Morgan fingerprint density at radius 3 is 2.18 bits per heavy atom. The maximum atomic E-state index is 14.3. The van der Waals surface area contributed by atoms with E-state index in [1.54, 1.807) is 48.5 Å². The molecule has 44 heavy (non-hydrogen) atoms. The second kappa shape index (κ2) is 14.8. The normalized spacial score (nSPS) is 14.1. The van der Waals surface area contributed by atoms with Gasteiger partial charge < -0.3 is 19.7 Å². The van der Waals surface area contributed by atoms with Crippen molar-refractivity contribution >= 4 is 39.1 Å². The fraction of sp³-hybridized carbons (Fsp3) is 0.394. The Morgan fingerprint density at radius 2 is 1.59 bits per heavy atom. The van der Waals surface area contributed by atoms with Gasteiger partial charge in [0.1, 0.15) is 12.6 Å². The summed E-state index contributed by atoms with van der Waals surface area (Å²) in [6.45, 7) is 3.31. The van der Waals surface area contributed by atoms with Crippen LogP contribution in [0.3, 0.4) is 0 Å². The largest absolute Gasteiger partial charge is 0.493 e. The van der Waals surface area contributed by atoms with Gasteiger partial charge in [-0.15, -0.1) is 0 Å². The van der Waals surface area contributed by atoms with E-state index in [1.807, 2.05) is 13.8 Å². The fourth-order valence-corrected chi connectivity index (χ4v) is 6.97. The molecule has 11 heteroatoms. The summed E-state index contributed by atoms with van der Waals surface area (Å²) in [6.07, 6.45) is 4.25. The minimum Gasteiger partial charge on any atom is -0.493 e. The number of nitrogens with one attached hydrogen (secondary N) is 1. The Kier molecular flexibility index (Phi) is 11.2. The van der Waals surface area contributed by atoms with E-state index < -0.39 is 28.5 Å². The Morgan fingerprint density at radius 1 is 0.955 bits per heavy atom. The quantitative estimate of drug-likeness (QED) is 0.256. The lowest BCUT2D eigenvalue weighted by Gasteiger charge is -2.34. The van der Waals surface area contributed by atoms with Crippen molar-refractivity contribution in [3.05, 3.63) is 82.9 Å². The highest BCUT2D eigenvalue weighted by molar-refractivity contribution is 7.92. The number of benzene rings is 3. The molecule has 1 fully saturated rings. The zero-order valence-electron chi connectivity index (χ0n) is 25.6. The van der Waals surface area contributed by atoms with Gasteiger partial charge in [0.15, 0.2) is 11.5 Å². The van der Waals surface area contributed by atoms with E-state index in [2.05, 4.69) is 5.32 Å². The predicted molar refractivity (Wildman–Crippen MR) is 172 cm³/mol. The molecule has 0 spiro atoms. The summed E-state index contributed by atoms with van der Waals surface area (Å²) in [7, 11) is -1.38. The first-order valence-electron chi connectivity index (χ1n) is 14.7. The van der Waals surface area contributed by atoms with Crippen molar-refractivity contribution in [2.24, 2.45) is 0 Å². The van der Waals surface area contributed by atoms with Gasteiger partial charge in [-0.1, -0.05) is 61.2 Å². The molecule has 1 saturated carbocycles. The number of nitrogens with zero attached hydrogens (tertiary/aromatic N) is 2. The number of aryl methyl sites for hydroxylation is 1. The number of hydrogen-bond donors (Lipinski definition) is 1. The summed E-state index contributed by atoms with van der Waals surface area (Å²) < 4.78 is 40.1. The SMILES string of the molecule is CCC(C(=O)NC1CCCC1)N(Cc1ccc(Cl)cc1)C(=O)CN(c1ccc(C)cc1)S(=O)(=O)c1ccc(OC)c(OC)c1. The Labute approximate surface area is 265 Å². The van der Waals surface area contributed by atoms with Crippen LogP contribution in [-0.2, 0) is 26.2 Å². The van der Waals surface area contributed by atoms with Crippen LogP contribution in [0.5, 0.6) is 11.5 Å². The van der Waals surface area contributed by atoms with Crippen LogP contribution in [0.25, 0.3) is 0 Å². The molecule has 1 unspecified atom stereocenters. The molecule has 0 radical (unpaired) electrons. The topological polar surface area (TPSA) is 105 Å². The summed E-state index contributed by atoms with van der Waals surface area (Å²) in [5.74, 6) is -0.148. The molecule has 4 rings (SSSR count). The monoisotopic (exact) mass is 641 g/mol. The first kappa shape index (κ1) is 33.1. The summed E-state index contributed by atoms with van der Waals surface area (Å²) >= 11 is 6.11. The van der Waals surface area contributed by atoms with Crippen LogP contribution in [0.15, 0.2) is 71.6 Å². The molecule has 1 aliphatic rings. The number of sulfonamides is 1. The summed E-state index contributed by atoms with van der Waals surface area (Å²) in [6, 6.07) is 17.5. The van der Waals surface area contributed by atoms with Gasteiger partial charge in [-0.05, 0) is 68.1 Å². The molecule has 0 bridgehead atoms. The number of carbonyl (C=O) groups is 2. The van der Waals surface area contributed by atoms with Gasteiger partial charge in [0.2, 0.25) is 11.8 Å². The third-order valence-corrected chi connectivity index (χ3v) is 9.92. The van der Waals surface area contributed by atoms with E-state index in [4.69, 9.17) is 21.1 Å². The van der Waals surface area contributed by atoms with E-state index in [9.17, 15) is 18.0 Å². The van der Waals surface area contributed by atoms with Crippen molar-refractivity contribution in [3.8, 4) is 11.5 Å². The van der Waals surface area contributed by atoms with E-state index >= 15 is 0 Å². The number of ether oxygens (including phenoxy) is 2. The van der Waals surface area contributed by atoms with Gasteiger partial charge in [0, 0.05) is 23.7 Å². The van der Waals surface area contributed by atoms with Gasteiger partial charge in [0.25, 0.3) is 10.0 Å². The Bertz CT molecular complexity index is 1540. The minimum atomic E-state index is -4.27.